The van der Waals surface area contributed by atoms with Crippen molar-refractivity contribution in [3.8, 4) is 0 Å². The van der Waals surface area contributed by atoms with Crippen molar-refractivity contribution in [3.05, 3.63) is 22.1 Å². The van der Waals surface area contributed by atoms with E-state index in [9.17, 15) is 4.79 Å². The van der Waals surface area contributed by atoms with E-state index in [0.29, 0.717) is 0 Å². The molecule has 0 aliphatic heterocycles. The first-order valence-corrected chi connectivity index (χ1v) is 4.98. The van der Waals surface area contributed by atoms with E-state index in [2.05, 4.69) is 11.3 Å². The molecule has 12 heavy (non-hydrogen) atoms. The molecule has 68 valence electrons. The first kappa shape index (κ1) is 11.9. The maximum absolute atomic E-state index is 10.9. The van der Waals surface area contributed by atoms with Gasteiger partial charge < -0.3 is 4.74 Å². The Balaban J connectivity index is 4.18. The van der Waals surface area contributed by atoms with Crippen LogP contribution >= 0.6 is 35.0 Å². The number of ether oxygens (including phenoxy) is 1. The van der Waals surface area contributed by atoms with Gasteiger partial charge in [0.15, 0.2) is 5.03 Å². The van der Waals surface area contributed by atoms with Crippen molar-refractivity contribution in [2.45, 2.75) is 0 Å². The maximum atomic E-state index is 10.9. The van der Waals surface area contributed by atoms with Gasteiger partial charge in [-0.05, 0) is 6.26 Å². The predicted octanol–water partition coefficient (Wildman–Crippen LogP) is 2.73. The van der Waals surface area contributed by atoms with Crippen LogP contribution in [0.5, 0.6) is 0 Å². The Morgan fingerprint density at radius 1 is 1.67 bits per heavy atom. The summed E-state index contributed by atoms with van der Waals surface area (Å²) in [6.07, 6.45) is 3.17. The van der Waals surface area contributed by atoms with Crippen molar-refractivity contribution in [1.82, 2.24) is 0 Å². The molecule has 0 rings (SSSR count). The lowest BCUT2D eigenvalue weighted by atomic mass is 10.6. The monoisotopic (exact) mass is 226 g/mol. The largest absolute Gasteiger partial charge is 0.457 e. The molecule has 0 aromatic heterocycles. The lowest BCUT2D eigenvalue weighted by molar-refractivity contribution is -0.137. The number of hydrogen-bond donors (Lipinski definition) is 0. The zero-order valence-corrected chi connectivity index (χ0v) is 8.80. The smallest absolute Gasteiger partial charge is 0.352 e. The highest BCUT2D eigenvalue weighted by molar-refractivity contribution is 8.04. The fourth-order valence-corrected chi connectivity index (χ4v) is 0.994. The quantitative estimate of drug-likeness (QED) is 0.419. The molecular formula is C7H8Cl2O2S. The number of hydrogen-bond acceptors (Lipinski definition) is 3. The molecule has 0 N–H and O–H groups in total. The molecule has 0 radical (unpaired) electrons. The van der Waals surface area contributed by atoms with Gasteiger partial charge in [0.25, 0.3) is 0 Å². The zero-order chi connectivity index (χ0) is 9.56. The van der Waals surface area contributed by atoms with E-state index in [0.717, 1.165) is 0 Å². The van der Waals surface area contributed by atoms with Crippen molar-refractivity contribution in [3.63, 3.8) is 0 Å². The Kier molecular flexibility index (Phi) is 6.34. The van der Waals surface area contributed by atoms with E-state index < -0.39 is 5.97 Å². The SMILES string of the molecule is C=CCOC(=O)C(Cl)=C(Cl)SC. The fraction of sp³-hybridized carbons (Fsp3) is 0.286. The minimum Gasteiger partial charge on any atom is -0.457 e. The van der Waals surface area contributed by atoms with Gasteiger partial charge >= 0.3 is 5.97 Å². The summed E-state index contributed by atoms with van der Waals surface area (Å²) in [6, 6.07) is 0. The van der Waals surface area contributed by atoms with E-state index >= 15 is 0 Å². The fourth-order valence-electron chi connectivity index (χ4n) is 0.368. The molecule has 5 heteroatoms. The third kappa shape index (κ3) is 4.04. The topological polar surface area (TPSA) is 26.3 Å². The molecular weight excluding hydrogens is 219 g/mol. The normalized spacial score (nSPS) is 11.9. The Hall–Kier alpha value is -0.120. The van der Waals surface area contributed by atoms with Crippen LogP contribution in [0.2, 0.25) is 0 Å². The first-order valence-electron chi connectivity index (χ1n) is 3.00. The molecule has 0 aromatic carbocycles. The lowest BCUT2D eigenvalue weighted by Gasteiger charge is -2.00. The molecule has 2 nitrogen and oxygen atoms in total. The van der Waals surface area contributed by atoms with Gasteiger partial charge in [-0.2, -0.15) is 0 Å². The molecule has 0 unspecified atom stereocenters. The van der Waals surface area contributed by atoms with Crippen LogP contribution in [-0.4, -0.2) is 18.8 Å². The van der Waals surface area contributed by atoms with Crippen molar-refractivity contribution in [1.29, 1.82) is 0 Å². The van der Waals surface area contributed by atoms with Gasteiger partial charge in [-0.15, -0.1) is 11.8 Å². The minimum atomic E-state index is -0.629. The van der Waals surface area contributed by atoms with Crippen LogP contribution in [0.25, 0.3) is 0 Å². The maximum Gasteiger partial charge on any atom is 0.352 e. The van der Waals surface area contributed by atoms with Gasteiger partial charge in [-0.25, -0.2) is 4.79 Å². The summed E-state index contributed by atoms with van der Waals surface area (Å²) in [6.45, 7) is 3.51. The second-order valence-corrected chi connectivity index (χ2v) is 3.48. The van der Waals surface area contributed by atoms with Crippen LogP contribution in [0.4, 0.5) is 0 Å². The van der Waals surface area contributed by atoms with Crippen molar-refractivity contribution < 1.29 is 9.53 Å². The van der Waals surface area contributed by atoms with E-state index in [4.69, 9.17) is 23.2 Å². The molecule has 0 aromatic rings. The average Bonchev–Trinajstić information content (AvgIpc) is 2.11. The Labute approximate surface area is 85.6 Å². The number of esters is 1. The third-order valence-electron chi connectivity index (χ3n) is 0.863. The molecule has 0 saturated carbocycles. The Morgan fingerprint density at radius 3 is 2.67 bits per heavy atom. The van der Waals surface area contributed by atoms with Crippen LogP contribution in [0.3, 0.4) is 0 Å². The number of carbonyl (C=O) groups excluding carboxylic acids is 1. The summed E-state index contributed by atoms with van der Waals surface area (Å²) in [4.78, 5) is 10.9. The Morgan fingerprint density at radius 2 is 2.25 bits per heavy atom. The Bertz CT molecular complexity index is 213. The van der Waals surface area contributed by atoms with Gasteiger partial charge in [0.1, 0.15) is 6.61 Å². The molecule has 0 aliphatic carbocycles. The molecule has 0 bridgehead atoms. The highest BCUT2D eigenvalue weighted by Gasteiger charge is 2.11. The van der Waals surface area contributed by atoms with Crippen LogP contribution in [-0.2, 0) is 9.53 Å². The van der Waals surface area contributed by atoms with Crippen LogP contribution in [0.1, 0.15) is 0 Å². The third-order valence-corrected chi connectivity index (χ3v) is 2.63. The lowest BCUT2D eigenvalue weighted by Crippen LogP contribution is -2.04. The second-order valence-electron chi connectivity index (χ2n) is 1.68. The number of thioether (sulfide) groups is 1. The van der Waals surface area contributed by atoms with Crippen LogP contribution in [0, 0.1) is 0 Å². The summed E-state index contributed by atoms with van der Waals surface area (Å²) >= 11 is 12.3. The highest BCUT2D eigenvalue weighted by Crippen LogP contribution is 2.24. The van der Waals surface area contributed by atoms with Crippen molar-refractivity contribution in [2.75, 3.05) is 12.9 Å². The van der Waals surface area contributed by atoms with Crippen molar-refractivity contribution >= 4 is 40.9 Å². The minimum absolute atomic E-state index is 0.0917. The van der Waals surface area contributed by atoms with Gasteiger partial charge in [0, 0.05) is 0 Å². The molecule has 0 saturated heterocycles. The molecule has 0 fully saturated rings. The number of carbonyl (C=O) groups is 1. The van der Waals surface area contributed by atoms with Crippen LogP contribution < -0.4 is 0 Å². The van der Waals surface area contributed by atoms with Crippen LogP contribution in [0.15, 0.2) is 22.1 Å². The van der Waals surface area contributed by atoms with E-state index in [-0.39, 0.29) is 16.0 Å². The number of rotatable bonds is 4. The molecule has 0 aliphatic rings. The molecule has 0 spiro atoms. The first-order chi connectivity index (χ1) is 5.63. The summed E-state index contributed by atoms with van der Waals surface area (Å²) in [5.74, 6) is -0.629. The predicted molar refractivity (Wildman–Crippen MR) is 53.4 cm³/mol. The average molecular weight is 227 g/mol. The highest BCUT2D eigenvalue weighted by atomic mass is 35.5. The summed E-state index contributed by atoms with van der Waals surface area (Å²) in [5.41, 5.74) is 0. The second kappa shape index (κ2) is 6.40. The molecule has 0 heterocycles. The van der Waals surface area contributed by atoms with Gasteiger partial charge in [-0.1, -0.05) is 35.9 Å². The number of halogens is 2. The summed E-state index contributed by atoms with van der Waals surface area (Å²) in [5, 5.41) is -0.0917. The van der Waals surface area contributed by atoms with Crippen molar-refractivity contribution in [2.24, 2.45) is 0 Å². The molecule has 0 atom stereocenters. The standard InChI is InChI=1S/C7H8Cl2O2S/c1-3-4-11-7(10)5(8)6(9)12-2/h3H,1,4H2,2H3. The van der Waals surface area contributed by atoms with Gasteiger partial charge in [0.2, 0.25) is 0 Å². The van der Waals surface area contributed by atoms with E-state index in [1.54, 1.807) is 6.26 Å². The zero-order valence-electron chi connectivity index (χ0n) is 6.47. The summed E-state index contributed by atoms with van der Waals surface area (Å²) in [7, 11) is 0. The molecule has 0 amide bonds. The van der Waals surface area contributed by atoms with Gasteiger partial charge in [-0.3, -0.25) is 0 Å². The van der Waals surface area contributed by atoms with E-state index in [1.807, 2.05) is 0 Å². The van der Waals surface area contributed by atoms with Gasteiger partial charge in [0.05, 0.1) is 4.36 Å². The van der Waals surface area contributed by atoms with E-state index in [1.165, 1.54) is 17.8 Å². The summed E-state index contributed by atoms with van der Waals surface area (Å²) < 4.78 is 4.86.